The van der Waals surface area contributed by atoms with E-state index in [1.807, 2.05) is 13.8 Å². The number of aliphatic hydroxyl groups excluding tert-OH is 4. The minimum atomic E-state index is -0.736. The summed E-state index contributed by atoms with van der Waals surface area (Å²) in [5, 5.41) is 34.1. The number of amides is 1. The number of esters is 1. The van der Waals surface area contributed by atoms with Gasteiger partial charge in [-0.2, -0.15) is 0 Å². The van der Waals surface area contributed by atoms with Gasteiger partial charge in [-0.1, -0.05) is 99.3 Å². The molecule has 0 aliphatic carbocycles. The van der Waals surface area contributed by atoms with E-state index in [1.165, 1.54) is 44.9 Å². The number of unbranched alkanes of at least 4 members (excludes halogenated alkanes) is 7. The summed E-state index contributed by atoms with van der Waals surface area (Å²) in [4.78, 5) is 22.0. The number of carbonyl (C=O) groups excluding carboxylic acids is 2. The van der Waals surface area contributed by atoms with Crippen molar-refractivity contribution in [2.24, 2.45) is 35.3 Å². The highest BCUT2D eigenvalue weighted by molar-refractivity contribution is 5.73. The zero-order chi connectivity index (χ0) is 32.4. The highest BCUT2D eigenvalue weighted by Crippen LogP contribution is 2.28. The number of primary amides is 1. The number of hydrogen-bond acceptors (Lipinski definition) is 8. The third-order valence-electron chi connectivity index (χ3n) is 7.85. The largest absolute Gasteiger partial charge is 0.465 e. The second-order valence-corrected chi connectivity index (χ2v) is 11.6. The molecule has 248 valence electrons. The lowest BCUT2D eigenvalue weighted by Crippen LogP contribution is -2.40. The highest BCUT2D eigenvalue weighted by atomic mass is 16.6. The smallest absolute Gasteiger partial charge is 0.404 e. The maximum absolute atomic E-state index is 11.2. The number of hydrogen-bond donors (Lipinski definition) is 5. The van der Waals surface area contributed by atoms with Gasteiger partial charge in [0.2, 0.25) is 0 Å². The third-order valence-corrected chi connectivity index (χ3v) is 7.85. The molecule has 0 saturated carbocycles. The summed E-state index contributed by atoms with van der Waals surface area (Å²) in [7, 11) is 2.00. The summed E-state index contributed by atoms with van der Waals surface area (Å²) in [6.07, 6.45) is 12.2. The average Bonchev–Trinajstić information content (AvgIpc) is 2.96. The van der Waals surface area contributed by atoms with Gasteiger partial charge in [0.15, 0.2) is 0 Å². The zero-order valence-corrected chi connectivity index (χ0v) is 27.8. The predicted molar refractivity (Wildman–Crippen MR) is 166 cm³/mol. The van der Waals surface area contributed by atoms with Crippen LogP contribution in [0, 0.1) is 29.6 Å². The molecule has 8 unspecified atom stereocenters. The molecule has 9 nitrogen and oxygen atoms in total. The lowest BCUT2D eigenvalue weighted by atomic mass is 9.82. The van der Waals surface area contributed by atoms with Crippen molar-refractivity contribution in [3.05, 3.63) is 0 Å². The number of cyclic esters (lactones) is 1. The van der Waals surface area contributed by atoms with Crippen molar-refractivity contribution in [3.63, 3.8) is 0 Å². The number of carbonyl (C=O) groups is 2. The summed E-state index contributed by atoms with van der Waals surface area (Å²) < 4.78 is 10.1. The summed E-state index contributed by atoms with van der Waals surface area (Å²) >= 11 is 0. The molecule has 0 bridgehead atoms. The first-order valence-corrected chi connectivity index (χ1v) is 15.8. The van der Waals surface area contributed by atoms with Gasteiger partial charge in [0.05, 0.1) is 24.7 Å². The van der Waals surface area contributed by atoms with Crippen LogP contribution in [0.2, 0.25) is 0 Å². The molecule has 0 radical (unpaired) electrons. The van der Waals surface area contributed by atoms with Crippen LogP contribution in [0.15, 0.2) is 0 Å². The van der Waals surface area contributed by atoms with Crippen LogP contribution in [-0.4, -0.2) is 71.6 Å². The van der Waals surface area contributed by atoms with Crippen LogP contribution < -0.4 is 5.73 Å². The van der Waals surface area contributed by atoms with Crippen molar-refractivity contribution in [2.45, 2.75) is 144 Å². The first-order chi connectivity index (χ1) is 19.5. The molecule has 1 aliphatic rings. The van der Waals surface area contributed by atoms with Crippen LogP contribution in [0.5, 0.6) is 0 Å². The van der Waals surface area contributed by atoms with Gasteiger partial charge >= 0.3 is 12.1 Å². The van der Waals surface area contributed by atoms with E-state index >= 15 is 0 Å². The van der Waals surface area contributed by atoms with Crippen molar-refractivity contribution < 1.29 is 39.5 Å². The summed E-state index contributed by atoms with van der Waals surface area (Å²) in [6, 6.07) is 0. The Balaban J connectivity index is -0.000000848. The van der Waals surface area contributed by atoms with Crippen molar-refractivity contribution in [1.29, 1.82) is 0 Å². The van der Waals surface area contributed by atoms with E-state index in [1.54, 1.807) is 6.92 Å². The number of rotatable bonds is 17. The van der Waals surface area contributed by atoms with Crippen molar-refractivity contribution in [3.8, 4) is 0 Å². The van der Waals surface area contributed by atoms with Gasteiger partial charge in [-0.05, 0) is 38.0 Å². The second-order valence-electron chi connectivity index (χ2n) is 11.6. The molecule has 6 N–H and O–H groups in total. The molecule has 1 aliphatic heterocycles. The fourth-order valence-electron chi connectivity index (χ4n) is 5.15. The van der Waals surface area contributed by atoms with Gasteiger partial charge in [0.25, 0.3) is 0 Å². The molecule has 0 aromatic rings. The maximum atomic E-state index is 11.2. The zero-order valence-electron chi connectivity index (χ0n) is 27.8. The molecule has 1 amide bonds. The molecule has 9 heteroatoms. The van der Waals surface area contributed by atoms with Crippen molar-refractivity contribution >= 4 is 12.1 Å². The lowest BCUT2D eigenvalue weighted by molar-refractivity contribution is -0.164. The second kappa shape index (κ2) is 28.7. The summed E-state index contributed by atoms with van der Waals surface area (Å²) in [6.45, 7) is 14.7. The number of aliphatic hydroxyl groups is 4. The van der Waals surface area contributed by atoms with E-state index < -0.39 is 18.3 Å². The molecule has 1 heterocycles. The number of nitrogens with two attached hydrogens (primary N) is 1. The minimum Gasteiger partial charge on any atom is -0.465 e. The molecule has 41 heavy (non-hydrogen) atoms. The van der Waals surface area contributed by atoms with E-state index in [4.69, 9.17) is 25.4 Å². The maximum Gasteiger partial charge on any atom is 0.404 e. The molecule has 0 spiro atoms. The van der Waals surface area contributed by atoms with Gasteiger partial charge in [-0.15, -0.1) is 0 Å². The van der Waals surface area contributed by atoms with Gasteiger partial charge in [-0.25, -0.2) is 4.79 Å². The Bertz CT molecular complexity index is 606. The topological polar surface area (TPSA) is 160 Å². The predicted octanol–water partition coefficient (Wildman–Crippen LogP) is 5.83. The quantitative estimate of drug-likeness (QED) is 0.104. The van der Waals surface area contributed by atoms with E-state index in [2.05, 4.69) is 27.7 Å². The molecule has 8 atom stereocenters. The van der Waals surface area contributed by atoms with Crippen LogP contribution in [0.25, 0.3) is 0 Å². The molecular formula is C32H67NO8. The van der Waals surface area contributed by atoms with E-state index in [0.29, 0.717) is 12.5 Å². The molecule has 1 saturated heterocycles. The van der Waals surface area contributed by atoms with Gasteiger partial charge in [0.1, 0.15) is 6.10 Å². The molecular weight excluding hydrogens is 526 g/mol. The van der Waals surface area contributed by atoms with Crippen LogP contribution in [0.3, 0.4) is 0 Å². The van der Waals surface area contributed by atoms with Crippen LogP contribution in [-0.2, 0) is 14.3 Å². The summed E-state index contributed by atoms with van der Waals surface area (Å²) in [5.74, 6) is 0.150. The first-order valence-electron chi connectivity index (χ1n) is 15.8. The highest BCUT2D eigenvalue weighted by Gasteiger charge is 2.33. The Morgan fingerprint density at radius 2 is 1.41 bits per heavy atom. The van der Waals surface area contributed by atoms with Crippen LogP contribution in [0.1, 0.15) is 126 Å². The van der Waals surface area contributed by atoms with Crippen LogP contribution >= 0.6 is 0 Å². The van der Waals surface area contributed by atoms with Gasteiger partial charge in [0, 0.05) is 26.1 Å². The Labute approximate surface area is 251 Å². The fourth-order valence-corrected chi connectivity index (χ4v) is 5.15. The van der Waals surface area contributed by atoms with Gasteiger partial charge < -0.3 is 35.6 Å². The van der Waals surface area contributed by atoms with E-state index in [9.17, 15) is 19.8 Å². The van der Waals surface area contributed by atoms with Gasteiger partial charge in [-0.3, -0.25) is 4.79 Å². The normalized spacial score (nSPS) is 21.6. The van der Waals surface area contributed by atoms with Crippen molar-refractivity contribution in [1.82, 2.24) is 0 Å². The van der Waals surface area contributed by atoms with E-state index in [0.717, 1.165) is 46.3 Å². The van der Waals surface area contributed by atoms with E-state index in [-0.39, 0.29) is 35.7 Å². The SMILES string of the molecule is CC1COC(=O)C(C)C1O.CCCCCCCCC(C)CC(C)C(O)C(C)C(CCCCC)OC(N)=O.CO.CO. The molecule has 0 aromatic carbocycles. The Morgan fingerprint density at radius 1 is 0.927 bits per heavy atom. The number of ether oxygens (including phenoxy) is 2. The molecule has 1 fully saturated rings. The Hall–Kier alpha value is -1.42. The lowest BCUT2D eigenvalue weighted by Gasteiger charge is -2.32. The molecule has 0 aromatic heterocycles. The average molecular weight is 594 g/mol. The summed E-state index contributed by atoms with van der Waals surface area (Å²) in [5.41, 5.74) is 5.25. The fraction of sp³-hybridized carbons (Fsp3) is 0.938. The Morgan fingerprint density at radius 3 is 1.93 bits per heavy atom. The minimum absolute atomic E-state index is 0.0766. The third kappa shape index (κ3) is 21.9. The van der Waals surface area contributed by atoms with Crippen LogP contribution in [0.4, 0.5) is 4.79 Å². The first kappa shape index (κ1) is 44.0. The standard InChI is InChI=1S/C23H47NO3.C7H12O3.2CH4O/c1-6-8-10-11-12-14-15-18(3)17-19(4)22(25)20(5)21(27-23(24)26)16-13-9-7-2;1-4-3-10-7(9)5(2)6(4)8;2*1-2/h18-22,25H,6-17H2,1-5H3,(H2,24,26);4-6,8H,3H2,1-2H3;2*2H,1H3. The molecule has 1 rings (SSSR count). The van der Waals surface area contributed by atoms with Crippen molar-refractivity contribution in [2.75, 3.05) is 20.8 Å². The monoisotopic (exact) mass is 593 g/mol. The Kier molecular flexibility index (Phi) is 30.8.